The summed E-state index contributed by atoms with van der Waals surface area (Å²) in [6.45, 7) is 4.08. The lowest BCUT2D eigenvalue weighted by Gasteiger charge is -2.18. The van der Waals surface area contributed by atoms with Crippen LogP contribution in [0.25, 0.3) is 10.9 Å². The second-order valence-corrected chi connectivity index (χ2v) is 7.58. The van der Waals surface area contributed by atoms with E-state index in [4.69, 9.17) is 0 Å². The molecular formula is C20H28N4O2. The van der Waals surface area contributed by atoms with Crippen molar-refractivity contribution in [3.63, 3.8) is 0 Å². The Balaban J connectivity index is 1.74. The zero-order valence-electron chi connectivity index (χ0n) is 15.5. The van der Waals surface area contributed by atoms with Crippen LogP contribution in [0.5, 0.6) is 0 Å². The normalized spacial score (nSPS) is 16.2. The highest BCUT2D eigenvalue weighted by molar-refractivity contribution is 5.97. The molecule has 6 nitrogen and oxygen atoms in total. The Hall–Kier alpha value is -2.21. The van der Waals surface area contributed by atoms with Gasteiger partial charge in [-0.1, -0.05) is 32.8 Å². The van der Waals surface area contributed by atoms with Crippen molar-refractivity contribution >= 4 is 22.8 Å². The number of fused-ring (bicyclic) bond motifs is 1. The zero-order chi connectivity index (χ0) is 18.5. The van der Waals surface area contributed by atoms with Crippen LogP contribution < -0.4 is 10.6 Å². The Morgan fingerprint density at radius 1 is 1.31 bits per heavy atom. The van der Waals surface area contributed by atoms with E-state index in [-0.39, 0.29) is 18.6 Å². The minimum Gasteiger partial charge on any atom is -0.394 e. The second-order valence-electron chi connectivity index (χ2n) is 7.58. The summed E-state index contributed by atoms with van der Waals surface area (Å²) in [5.41, 5.74) is 1.29. The van der Waals surface area contributed by atoms with Gasteiger partial charge in [-0.15, -0.1) is 0 Å². The third-order valence-electron chi connectivity index (χ3n) is 4.84. The molecule has 1 aliphatic carbocycles. The first-order chi connectivity index (χ1) is 12.5. The number of anilines is 1. The van der Waals surface area contributed by atoms with Crippen LogP contribution in [0.15, 0.2) is 24.4 Å². The molecule has 1 saturated carbocycles. The fourth-order valence-corrected chi connectivity index (χ4v) is 3.50. The van der Waals surface area contributed by atoms with Gasteiger partial charge in [0.1, 0.15) is 0 Å². The monoisotopic (exact) mass is 356 g/mol. The van der Waals surface area contributed by atoms with Gasteiger partial charge >= 0.3 is 0 Å². The van der Waals surface area contributed by atoms with Gasteiger partial charge in [0.15, 0.2) is 0 Å². The molecule has 0 saturated heterocycles. The molecule has 1 heterocycles. The quantitative estimate of drug-likeness (QED) is 0.709. The number of hydrogen-bond donors (Lipinski definition) is 3. The van der Waals surface area contributed by atoms with Gasteiger partial charge in [0.05, 0.1) is 18.2 Å². The zero-order valence-corrected chi connectivity index (χ0v) is 15.5. The highest BCUT2D eigenvalue weighted by atomic mass is 16.3. The standard InChI is InChI=1S/C20H28N4O2/c1-13(2)9-17(12-25)22-19(26)14-7-8-15-11-21-20(24-18(15)10-14)23-16-5-3-4-6-16/h7-8,10-11,13,16-17,25H,3-6,9,12H2,1-2H3,(H,22,26)(H,21,23,24)/t17-/m0/s1. The van der Waals surface area contributed by atoms with E-state index in [9.17, 15) is 9.90 Å². The number of hydrogen-bond acceptors (Lipinski definition) is 5. The number of amides is 1. The number of carbonyl (C=O) groups is 1. The van der Waals surface area contributed by atoms with E-state index in [1.807, 2.05) is 6.07 Å². The number of benzene rings is 1. The Labute approximate surface area is 154 Å². The fraction of sp³-hybridized carbons (Fsp3) is 0.550. The molecule has 140 valence electrons. The maximum Gasteiger partial charge on any atom is 0.251 e. The van der Waals surface area contributed by atoms with Crippen molar-refractivity contribution in [1.82, 2.24) is 15.3 Å². The first-order valence-corrected chi connectivity index (χ1v) is 9.50. The van der Waals surface area contributed by atoms with E-state index in [1.165, 1.54) is 12.8 Å². The molecule has 0 radical (unpaired) electrons. The fourth-order valence-electron chi connectivity index (χ4n) is 3.50. The van der Waals surface area contributed by atoms with E-state index in [2.05, 4.69) is 34.4 Å². The molecule has 0 unspecified atom stereocenters. The maximum atomic E-state index is 12.5. The number of aliphatic hydroxyl groups is 1. The minimum atomic E-state index is -0.233. The lowest BCUT2D eigenvalue weighted by atomic mass is 10.0. The van der Waals surface area contributed by atoms with E-state index >= 15 is 0 Å². The summed E-state index contributed by atoms with van der Waals surface area (Å²) in [4.78, 5) is 21.5. The average molecular weight is 356 g/mol. The second kappa shape index (κ2) is 8.45. The summed E-state index contributed by atoms with van der Waals surface area (Å²) in [5, 5.41) is 16.7. The predicted octanol–water partition coefficient (Wildman–Crippen LogP) is 3.12. The Morgan fingerprint density at radius 3 is 2.77 bits per heavy atom. The molecule has 1 aromatic heterocycles. The largest absolute Gasteiger partial charge is 0.394 e. The van der Waals surface area contributed by atoms with Crippen LogP contribution in [0.1, 0.15) is 56.3 Å². The molecular weight excluding hydrogens is 328 g/mol. The number of rotatable bonds is 7. The number of aliphatic hydroxyl groups excluding tert-OH is 1. The highest BCUT2D eigenvalue weighted by Crippen LogP contribution is 2.22. The molecule has 1 amide bonds. The van der Waals surface area contributed by atoms with Gasteiger partial charge in [-0.2, -0.15) is 0 Å². The Kier molecular flexibility index (Phi) is 6.04. The lowest BCUT2D eigenvalue weighted by molar-refractivity contribution is 0.0908. The summed E-state index contributed by atoms with van der Waals surface area (Å²) in [7, 11) is 0. The Bertz CT molecular complexity index is 757. The highest BCUT2D eigenvalue weighted by Gasteiger charge is 2.17. The third kappa shape index (κ3) is 4.69. The average Bonchev–Trinajstić information content (AvgIpc) is 3.13. The number of nitrogens with zero attached hydrogens (tertiary/aromatic N) is 2. The van der Waals surface area contributed by atoms with Crippen LogP contribution in [0.4, 0.5) is 5.95 Å². The van der Waals surface area contributed by atoms with E-state index in [0.29, 0.717) is 23.5 Å². The van der Waals surface area contributed by atoms with Gasteiger partial charge < -0.3 is 15.7 Å². The van der Waals surface area contributed by atoms with Crippen LogP contribution in [0.3, 0.4) is 0 Å². The molecule has 6 heteroatoms. The van der Waals surface area contributed by atoms with Crippen LogP contribution in [-0.4, -0.2) is 39.7 Å². The molecule has 1 aliphatic rings. The van der Waals surface area contributed by atoms with Crippen LogP contribution in [0, 0.1) is 5.92 Å². The topological polar surface area (TPSA) is 87.1 Å². The number of nitrogens with one attached hydrogen (secondary N) is 2. The molecule has 26 heavy (non-hydrogen) atoms. The summed E-state index contributed by atoms with van der Waals surface area (Å²) in [5.74, 6) is 0.839. The summed E-state index contributed by atoms with van der Waals surface area (Å²) < 4.78 is 0. The van der Waals surface area contributed by atoms with Crippen molar-refractivity contribution in [2.45, 2.75) is 58.0 Å². The van der Waals surface area contributed by atoms with Crippen LogP contribution >= 0.6 is 0 Å². The molecule has 1 fully saturated rings. The van der Waals surface area contributed by atoms with E-state index in [0.717, 1.165) is 30.2 Å². The van der Waals surface area contributed by atoms with Gasteiger partial charge in [-0.3, -0.25) is 4.79 Å². The smallest absolute Gasteiger partial charge is 0.251 e. The molecule has 2 aromatic rings. The number of aromatic nitrogens is 2. The van der Waals surface area contributed by atoms with Crippen LogP contribution in [0.2, 0.25) is 0 Å². The molecule has 0 spiro atoms. The van der Waals surface area contributed by atoms with Gasteiger partial charge in [-0.25, -0.2) is 9.97 Å². The predicted molar refractivity (Wildman–Crippen MR) is 103 cm³/mol. The van der Waals surface area contributed by atoms with E-state index in [1.54, 1.807) is 18.3 Å². The molecule has 0 bridgehead atoms. The van der Waals surface area contributed by atoms with Gasteiger partial charge in [0.2, 0.25) is 5.95 Å². The molecule has 3 rings (SSSR count). The number of carbonyl (C=O) groups excluding carboxylic acids is 1. The van der Waals surface area contributed by atoms with Crippen molar-refractivity contribution in [2.75, 3.05) is 11.9 Å². The van der Waals surface area contributed by atoms with Gasteiger partial charge in [0.25, 0.3) is 5.91 Å². The van der Waals surface area contributed by atoms with Crippen LogP contribution in [-0.2, 0) is 0 Å². The molecule has 1 atom stereocenters. The van der Waals surface area contributed by atoms with Gasteiger partial charge in [0, 0.05) is 23.2 Å². The summed E-state index contributed by atoms with van der Waals surface area (Å²) >= 11 is 0. The molecule has 0 aliphatic heterocycles. The first-order valence-electron chi connectivity index (χ1n) is 9.50. The maximum absolute atomic E-state index is 12.5. The Morgan fingerprint density at radius 2 is 2.08 bits per heavy atom. The molecule has 1 aromatic carbocycles. The summed E-state index contributed by atoms with van der Waals surface area (Å²) in [6.07, 6.45) is 7.34. The van der Waals surface area contributed by atoms with Crippen molar-refractivity contribution in [3.05, 3.63) is 30.0 Å². The van der Waals surface area contributed by atoms with Crippen molar-refractivity contribution in [1.29, 1.82) is 0 Å². The van der Waals surface area contributed by atoms with Crippen molar-refractivity contribution in [3.8, 4) is 0 Å². The van der Waals surface area contributed by atoms with Crippen molar-refractivity contribution < 1.29 is 9.90 Å². The molecule has 3 N–H and O–H groups in total. The first kappa shape index (κ1) is 18.6. The minimum absolute atomic E-state index is 0.0604. The van der Waals surface area contributed by atoms with E-state index < -0.39 is 0 Å². The third-order valence-corrected chi connectivity index (χ3v) is 4.84. The van der Waals surface area contributed by atoms with Crippen molar-refractivity contribution in [2.24, 2.45) is 5.92 Å². The van der Waals surface area contributed by atoms with Gasteiger partial charge in [-0.05, 0) is 37.3 Å². The SMILES string of the molecule is CC(C)C[C@@H](CO)NC(=O)c1ccc2cnc(NC3CCCC3)nc2c1. The lowest BCUT2D eigenvalue weighted by Crippen LogP contribution is -2.38. The summed E-state index contributed by atoms with van der Waals surface area (Å²) in [6, 6.07) is 5.63.